The summed E-state index contributed by atoms with van der Waals surface area (Å²) >= 11 is 7.34. The van der Waals surface area contributed by atoms with Gasteiger partial charge >= 0.3 is 0 Å². The number of hydrogen-bond acceptors (Lipinski definition) is 5. The van der Waals surface area contributed by atoms with Crippen LogP contribution in [0.15, 0.2) is 42.0 Å². The monoisotopic (exact) mass is 376 g/mol. The SMILES string of the molecule is O=C(NCCc1[nH]cnc1-c1cccs1)c1ccc(Cl)cc1[N+](=O)[O-]. The first-order valence-electron chi connectivity index (χ1n) is 7.34. The number of halogens is 1. The fourth-order valence-electron chi connectivity index (χ4n) is 2.38. The lowest BCUT2D eigenvalue weighted by atomic mass is 10.1. The van der Waals surface area contributed by atoms with Crippen LogP contribution in [0.4, 0.5) is 5.69 Å². The molecule has 0 saturated carbocycles. The van der Waals surface area contributed by atoms with Crippen molar-refractivity contribution in [2.24, 2.45) is 0 Å². The van der Waals surface area contributed by atoms with Gasteiger partial charge < -0.3 is 10.3 Å². The van der Waals surface area contributed by atoms with Gasteiger partial charge in [-0.25, -0.2) is 4.98 Å². The van der Waals surface area contributed by atoms with E-state index >= 15 is 0 Å². The van der Waals surface area contributed by atoms with E-state index in [4.69, 9.17) is 11.6 Å². The first-order chi connectivity index (χ1) is 12.1. The Morgan fingerprint density at radius 2 is 2.24 bits per heavy atom. The van der Waals surface area contributed by atoms with Crippen molar-refractivity contribution in [2.45, 2.75) is 6.42 Å². The number of aromatic nitrogens is 2. The van der Waals surface area contributed by atoms with Gasteiger partial charge in [0.15, 0.2) is 0 Å². The minimum Gasteiger partial charge on any atom is -0.351 e. The van der Waals surface area contributed by atoms with Crippen LogP contribution in [0, 0.1) is 10.1 Å². The van der Waals surface area contributed by atoms with Crippen LogP contribution in [0.25, 0.3) is 10.6 Å². The largest absolute Gasteiger partial charge is 0.351 e. The van der Waals surface area contributed by atoms with E-state index in [1.165, 1.54) is 18.2 Å². The summed E-state index contributed by atoms with van der Waals surface area (Å²) in [7, 11) is 0. The van der Waals surface area contributed by atoms with Crippen molar-refractivity contribution in [3.8, 4) is 10.6 Å². The van der Waals surface area contributed by atoms with Gasteiger partial charge in [0, 0.05) is 29.7 Å². The zero-order chi connectivity index (χ0) is 17.8. The van der Waals surface area contributed by atoms with E-state index in [9.17, 15) is 14.9 Å². The maximum absolute atomic E-state index is 12.2. The average molecular weight is 377 g/mol. The molecule has 7 nitrogen and oxygen atoms in total. The van der Waals surface area contributed by atoms with Gasteiger partial charge in [0.25, 0.3) is 11.6 Å². The quantitative estimate of drug-likeness (QED) is 0.506. The summed E-state index contributed by atoms with van der Waals surface area (Å²) in [6.45, 7) is 0.319. The Hall–Kier alpha value is -2.71. The zero-order valence-corrected chi connectivity index (χ0v) is 14.4. The molecule has 3 rings (SSSR count). The molecule has 0 atom stereocenters. The van der Waals surface area contributed by atoms with E-state index in [1.54, 1.807) is 17.7 Å². The number of nitrogens with one attached hydrogen (secondary N) is 2. The van der Waals surface area contributed by atoms with Crippen LogP contribution in [-0.4, -0.2) is 27.3 Å². The lowest BCUT2D eigenvalue weighted by molar-refractivity contribution is -0.385. The molecule has 0 unspecified atom stereocenters. The second-order valence-electron chi connectivity index (χ2n) is 5.13. The number of carbonyl (C=O) groups is 1. The predicted molar refractivity (Wildman–Crippen MR) is 96.0 cm³/mol. The highest BCUT2D eigenvalue weighted by molar-refractivity contribution is 7.13. The molecule has 2 heterocycles. The van der Waals surface area contributed by atoms with Gasteiger partial charge in [-0.1, -0.05) is 17.7 Å². The molecule has 0 aliphatic carbocycles. The molecule has 0 spiro atoms. The second kappa shape index (κ2) is 7.45. The number of aromatic amines is 1. The van der Waals surface area contributed by atoms with Crippen LogP contribution in [0.5, 0.6) is 0 Å². The van der Waals surface area contributed by atoms with E-state index in [0.717, 1.165) is 16.3 Å². The molecule has 0 saturated heterocycles. The number of nitro groups is 1. The molecule has 2 aromatic heterocycles. The van der Waals surface area contributed by atoms with Crippen LogP contribution in [0.3, 0.4) is 0 Å². The van der Waals surface area contributed by atoms with Gasteiger partial charge in [0.1, 0.15) is 11.3 Å². The van der Waals surface area contributed by atoms with Crippen molar-refractivity contribution in [2.75, 3.05) is 6.54 Å². The van der Waals surface area contributed by atoms with Crippen molar-refractivity contribution in [3.05, 3.63) is 68.4 Å². The topological polar surface area (TPSA) is 101 Å². The normalized spacial score (nSPS) is 10.6. The van der Waals surface area contributed by atoms with E-state index in [1.807, 2.05) is 17.5 Å². The highest BCUT2D eigenvalue weighted by Crippen LogP contribution is 2.26. The summed E-state index contributed by atoms with van der Waals surface area (Å²) in [5.41, 5.74) is 1.42. The smallest absolute Gasteiger partial charge is 0.283 e. The molecule has 128 valence electrons. The molecule has 3 aromatic rings. The van der Waals surface area contributed by atoms with Crippen molar-refractivity contribution >= 4 is 34.5 Å². The van der Waals surface area contributed by atoms with Gasteiger partial charge in [0.05, 0.1) is 16.1 Å². The summed E-state index contributed by atoms with van der Waals surface area (Å²) in [4.78, 5) is 31.1. The number of thiophene rings is 1. The fraction of sp³-hybridized carbons (Fsp3) is 0.125. The molecule has 0 fully saturated rings. The number of H-pyrrole nitrogens is 1. The summed E-state index contributed by atoms with van der Waals surface area (Å²) in [5.74, 6) is -0.513. The Balaban J connectivity index is 1.67. The predicted octanol–water partition coefficient (Wildman–Crippen LogP) is 3.67. The zero-order valence-electron chi connectivity index (χ0n) is 12.9. The third-order valence-electron chi connectivity index (χ3n) is 3.53. The van der Waals surface area contributed by atoms with Gasteiger partial charge in [-0.05, 0) is 23.6 Å². The Bertz CT molecular complexity index is 908. The first kappa shape index (κ1) is 17.1. The van der Waals surface area contributed by atoms with Crippen molar-refractivity contribution in [1.29, 1.82) is 0 Å². The van der Waals surface area contributed by atoms with Gasteiger partial charge in [-0.15, -0.1) is 11.3 Å². The molecule has 25 heavy (non-hydrogen) atoms. The van der Waals surface area contributed by atoms with E-state index in [0.29, 0.717) is 13.0 Å². The second-order valence-corrected chi connectivity index (χ2v) is 6.52. The van der Waals surface area contributed by atoms with E-state index in [2.05, 4.69) is 15.3 Å². The van der Waals surface area contributed by atoms with Crippen LogP contribution in [0.2, 0.25) is 5.02 Å². The van der Waals surface area contributed by atoms with Gasteiger partial charge in [-0.3, -0.25) is 14.9 Å². The number of rotatable bonds is 6. The summed E-state index contributed by atoms with van der Waals surface area (Å²) < 4.78 is 0. The summed E-state index contributed by atoms with van der Waals surface area (Å²) in [6, 6.07) is 7.89. The number of imidazole rings is 1. The molecule has 9 heteroatoms. The number of benzene rings is 1. The molecular weight excluding hydrogens is 364 g/mol. The van der Waals surface area contributed by atoms with Crippen LogP contribution < -0.4 is 5.32 Å². The highest BCUT2D eigenvalue weighted by Gasteiger charge is 2.20. The molecule has 1 aromatic carbocycles. The Morgan fingerprint density at radius 1 is 1.40 bits per heavy atom. The highest BCUT2D eigenvalue weighted by atomic mass is 35.5. The molecule has 0 aliphatic heterocycles. The standard InChI is InChI=1S/C16H13ClN4O3S/c17-10-3-4-11(13(8-10)21(23)24)16(22)18-6-5-12-15(20-9-19-12)14-2-1-7-25-14/h1-4,7-9H,5-6H2,(H,18,22)(H,19,20). The minimum absolute atomic E-state index is 0.0162. The Kier molecular flexibility index (Phi) is 5.11. The van der Waals surface area contributed by atoms with Crippen molar-refractivity contribution < 1.29 is 9.72 Å². The number of amides is 1. The minimum atomic E-state index is -0.620. The van der Waals surface area contributed by atoms with E-state index < -0.39 is 10.8 Å². The average Bonchev–Trinajstić information content (AvgIpc) is 3.25. The molecule has 2 N–H and O–H groups in total. The van der Waals surface area contributed by atoms with Crippen molar-refractivity contribution in [1.82, 2.24) is 15.3 Å². The van der Waals surface area contributed by atoms with E-state index in [-0.39, 0.29) is 16.3 Å². The van der Waals surface area contributed by atoms with Gasteiger partial charge in [0.2, 0.25) is 0 Å². The number of nitro benzene ring substituents is 1. The number of hydrogen-bond donors (Lipinski definition) is 2. The van der Waals surface area contributed by atoms with Gasteiger partial charge in [-0.2, -0.15) is 0 Å². The lowest BCUT2D eigenvalue weighted by Crippen LogP contribution is -2.26. The summed E-state index contributed by atoms with van der Waals surface area (Å²) in [5, 5.41) is 15.9. The lowest BCUT2D eigenvalue weighted by Gasteiger charge is -2.06. The molecule has 0 bridgehead atoms. The third-order valence-corrected chi connectivity index (χ3v) is 4.65. The fourth-order valence-corrected chi connectivity index (χ4v) is 3.30. The molecular formula is C16H13ClN4O3S. The Morgan fingerprint density at radius 3 is 2.96 bits per heavy atom. The molecule has 1 amide bonds. The number of carbonyl (C=O) groups excluding carboxylic acids is 1. The number of nitrogens with zero attached hydrogens (tertiary/aromatic N) is 2. The molecule has 0 radical (unpaired) electrons. The first-order valence-corrected chi connectivity index (χ1v) is 8.60. The molecule has 0 aliphatic rings. The summed E-state index contributed by atoms with van der Waals surface area (Å²) in [6.07, 6.45) is 2.14. The maximum atomic E-state index is 12.2. The maximum Gasteiger partial charge on any atom is 0.283 e. The van der Waals surface area contributed by atoms with Crippen molar-refractivity contribution in [3.63, 3.8) is 0 Å². The third kappa shape index (κ3) is 3.86. The van der Waals surface area contributed by atoms with Crippen LogP contribution in [-0.2, 0) is 6.42 Å². The van der Waals surface area contributed by atoms with Crippen LogP contribution >= 0.6 is 22.9 Å². The van der Waals surface area contributed by atoms with Crippen LogP contribution in [0.1, 0.15) is 16.1 Å². The Labute approximate surface area is 151 Å².